The van der Waals surface area contributed by atoms with Crippen LogP contribution in [0, 0.1) is 0 Å². The molecule has 0 saturated carbocycles. The highest BCUT2D eigenvalue weighted by Gasteiger charge is 2.18. The molecule has 1 heteroatoms. The molecule has 0 saturated heterocycles. The summed E-state index contributed by atoms with van der Waals surface area (Å²) in [5.74, 6) is 0. The van der Waals surface area contributed by atoms with Crippen molar-refractivity contribution in [3.63, 3.8) is 0 Å². The third-order valence-electron chi connectivity index (χ3n) is 8.52. The Bertz CT molecular complexity index is 2710. The molecule has 0 radical (unpaired) electrons. The maximum Gasteiger partial charge on any atom is 0.143 e. The molecule has 43 heavy (non-hydrogen) atoms. The molecule has 0 N–H and O–H groups in total. The van der Waals surface area contributed by atoms with Gasteiger partial charge in [-0.15, -0.1) is 0 Å². The van der Waals surface area contributed by atoms with E-state index in [0.717, 1.165) is 76.5 Å². The molecule has 9 rings (SSSR count). The molecule has 0 unspecified atom stereocenters. The van der Waals surface area contributed by atoms with Gasteiger partial charge in [0.25, 0.3) is 0 Å². The zero-order valence-corrected chi connectivity index (χ0v) is 23.0. The highest BCUT2D eigenvalue weighted by atomic mass is 16.3. The van der Waals surface area contributed by atoms with E-state index in [0.29, 0.717) is 5.56 Å². The smallest absolute Gasteiger partial charge is 0.143 e. The van der Waals surface area contributed by atoms with Crippen molar-refractivity contribution in [3.05, 3.63) is 158 Å². The summed E-state index contributed by atoms with van der Waals surface area (Å²) in [7, 11) is 0. The topological polar surface area (TPSA) is 13.1 Å². The Morgan fingerprint density at radius 3 is 1.67 bits per heavy atom. The Morgan fingerprint density at radius 2 is 0.977 bits per heavy atom. The van der Waals surface area contributed by atoms with Gasteiger partial charge in [-0.25, -0.2) is 0 Å². The number of hydrogen-bond donors (Lipinski definition) is 0. The van der Waals surface area contributed by atoms with Crippen molar-refractivity contribution in [2.75, 3.05) is 0 Å². The summed E-state index contributed by atoms with van der Waals surface area (Å²) in [6, 6.07) is 42.0. The molecular weight excluding hydrogens is 520 g/mol. The van der Waals surface area contributed by atoms with E-state index in [-0.39, 0.29) is 29.7 Å². The third-order valence-corrected chi connectivity index (χ3v) is 8.52. The number of furan rings is 1. The van der Waals surface area contributed by atoms with E-state index in [1.165, 1.54) is 0 Å². The summed E-state index contributed by atoms with van der Waals surface area (Å²) >= 11 is 0. The number of rotatable bonds is 3. The zero-order chi connectivity index (χ0) is 32.7. The van der Waals surface area contributed by atoms with E-state index in [9.17, 15) is 0 Å². The Balaban J connectivity index is 1.30. The van der Waals surface area contributed by atoms with E-state index >= 15 is 0 Å². The van der Waals surface area contributed by atoms with Crippen molar-refractivity contribution in [2.45, 2.75) is 0 Å². The molecule has 1 heterocycles. The first-order valence-corrected chi connectivity index (χ1v) is 14.4. The van der Waals surface area contributed by atoms with Gasteiger partial charge in [-0.05, 0) is 84.6 Å². The van der Waals surface area contributed by atoms with E-state index in [1.807, 2.05) is 48.5 Å². The highest BCUT2D eigenvalue weighted by Crippen LogP contribution is 2.45. The van der Waals surface area contributed by atoms with Crippen LogP contribution in [0.4, 0.5) is 0 Å². The summed E-state index contributed by atoms with van der Waals surface area (Å²) in [5.41, 5.74) is 6.58. The molecule has 0 atom stereocenters. The molecule has 1 aromatic heterocycles. The Kier molecular flexibility index (Phi) is 4.27. The molecule has 0 spiro atoms. The standard InChI is InChI=1S/C42H26O/c1-2-11-27(12-3-1)29-14-10-15-30(25-29)40-34-17-6-8-19-36(34)41(37-20-9-7-18-35(37)40)31-22-23-33-38-24-21-28-13-4-5-16-32(28)42(38)43-39(33)26-31/h1-26H/i1D,2D,3D,11D,12D. The van der Waals surface area contributed by atoms with Gasteiger partial charge in [0, 0.05) is 16.2 Å². The van der Waals surface area contributed by atoms with Crippen molar-refractivity contribution in [2.24, 2.45) is 0 Å². The minimum absolute atomic E-state index is 0.194. The minimum atomic E-state index is -0.397. The second kappa shape index (κ2) is 9.44. The largest absolute Gasteiger partial charge is 0.455 e. The Labute approximate surface area is 256 Å². The van der Waals surface area contributed by atoms with Crippen LogP contribution >= 0.6 is 0 Å². The number of fused-ring (bicyclic) bond motifs is 7. The average Bonchev–Trinajstić information content (AvgIpc) is 3.51. The summed E-state index contributed by atoms with van der Waals surface area (Å²) < 4.78 is 48.2. The van der Waals surface area contributed by atoms with Gasteiger partial charge in [0.15, 0.2) is 0 Å². The zero-order valence-electron chi connectivity index (χ0n) is 28.0. The van der Waals surface area contributed by atoms with Crippen LogP contribution in [0.5, 0.6) is 0 Å². The van der Waals surface area contributed by atoms with Crippen LogP contribution in [0.15, 0.2) is 162 Å². The number of benzene rings is 8. The molecule has 8 aromatic carbocycles. The molecule has 9 aromatic rings. The fraction of sp³-hybridized carbons (Fsp3) is 0. The first-order valence-electron chi connectivity index (χ1n) is 16.9. The van der Waals surface area contributed by atoms with E-state index < -0.39 is 6.04 Å². The fourth-order valence-electron chi connectivity index (χ4n) is 6.63. The maximum atomic E-state index is 8.59. The predicted octanol–water partition coefficient (Wildman–Crippen LogP) is 12.0. The lowest BCUT2D eigenvalue weighted by Crippen LogP contribution is -1.91. The lowest BCUT2D eigenvalue weighted by molar-refractivity contribution is 0.673. The van der Waals surface area contributed by atoms with Crippen LogP contribution < -0.4 is 0 Å². The lowest BCUT2D eigenvalue weighted by Gasteiger charge is -2.18. The lowest BCUT2D eigenvalue weighted by atomic mass is 9.85. The van der Waals surface area contributed by atoms with Crippen molar-refractivity contribution < 1.29 is 11.3 Å². The molecule has 0 amide bonds. The quantitative estimate of drug-likeness (QED) is 0.199. The van der Waals surface area contributed by atoms with Gasteiger partial charge in [-0.3, -0.25) is 0 Å². The first kappa shape index (κ1) is 19.5. The van der Waals surface area contributed by atoms with Crippen molar-refractivity contribution in [1.82, 2.24) is 0 Å². The summed E-state index contributed by atoms with van der Waals surface area (Å²) in [4.78, 5) is 0. The van der Waals surface area contributed by atoms with Crippen LogP contribution in [-0.2, 0) is 0 Å². The van der Waals surface area contributed by atoms with Gasteiger partial charge in [0.1, 0.15) is 11.2 Å². The number of hydrogen-bond acceptors (Lipinski definition) is 1. The molecule has 0 bridgehead atoms. The normalized spacial score (nSPS) is 13.3. The third kappa shape index (κ3) is 3.72. The van der Waals surface area contributed by atoms with Crippen molar-refractivity contribution >= 4 is 54.3 Å². The van der Waals surface area contributed by atoms with Gasteiger partial charge < -0.3 is 4.42 Å². The van der Waals surface area contributed by atoms with Crippen molar-refractivity contribution in [1.29, 1.82) is 0 Å². The minimum Gasteiger partial charge on any atom is -0.455 e. The van der Waals surface area contributed by atoms with Crippen LogP contribution in [0.25, 0.3) is 87.6 Å². The summed E-state index contributed by atoms with van der Waals surface area (Å²) in [6.07, 6.45) is 0. The Hall–Kier alpha value is -5.66. The van der Waals surface area contributed by atoms with Crippen LogP contribution in [0.2, 0.25) is 0 Å². The highest BCUT2D eigenvalue weighted by molar-refractivity contribution is 6.22. The molecule has 0 fully saturated rings. The van der Waals surface area contributed by atoms with E-state index in [1.54, 1.807) is 0 Å². The van der Waals surface area contributed by atoms with Crippen LogP contribution in [-0.4, -0.2) is 0 Å². The van der Waals surface area contributed by atoms with Gasteiger partial charge in [0.2, 0.25) is 0 Å². The fourth-order valence-corrected chi connectivity index (χ4v) is 6.63. The maximum absolute atomic E-state index is 8.59. The molecule has 0 aliphatic carbocycles. The predicted molar refractivity (Wildman–Crippen MR) is 183 cm³/mol. The molecule has 1 nitrogen and oxygen atoms in total. The molecule has 0 aliphatic heterocycles. The summed E-state index contributed by atoms with van der Waals surface area (Å²) in [6.45, 7) is 0. The first-order chi connectivity index (χ1) is 23.4. The molecule has 0 aliphatic rings. The average molecular weight is 552 g/mol. The van der Waals surface area contributed by atoms with Crippen molar-refractivity contribution in [3.8, 4) is 33.4 Å². The monoisotopic (exact) mass is 551 g/mol. The van der Waals surface area contributed by atoms with E-state index in [2.05, 4.69) is 78.9 Å². The second-order valence-electron chi connectivity index (χ2n) is 10.9. The molecular formula is C42H26O. The van der Waals surface area contributed by atoms with Crippen LogP contribution in [0.1, 0.15) is 6.85 Å². The van der Waals surface area contributed by atoms with E-state index in [4.69, 9.17) is 11.3 Å². The molecule has 200 valence electrons. The van der Waals surface area contributed by atoms with Gasteiger partial charge in [-0.2, -0.15) is 0 Å². The van der Waals surface area contributed by atoms with Crippen LogP contribution in [0.3, 0.4) is 0 Å². The van der Waals surface area contributed by atoms with Gasteiger partial charge in [-0.1, -0.05) is 133 Å². The Morgan fingerprint density at radius 1 is 0.395 bits per heavy atom. The second-order valence-corrected chi connectivity index (χ2v) is 10.9. The SMILES string of the molecule is [2H]c1c([2H])c([2H])c(-c2cccc(-c3c4ccccc4c(-c4ccc5c(c4)oc4c6ccccc6ccc54)c4ccccc34)c2)c([2H])c1[2H]. The van der Waals surface area contributed by atoms with Gasteiger partial charge in [0.05, 0.1) is 6.85 Å². The summed E-state index contributed by atoms with van der Waals surface area (Å²) in [5, 5.41) is 8.70. The van der Waals surface area contributed by atoms with Gasteiger partial charge >= 0.3 is 0 Å².